The molecule has 160 valence electrons. The van der Waals surface area contributed by atoms with Crippen molar-refractivity contribution in [2.24, 2.45) is 5.73 Å². The van der Waals surface area contributed by atoms with Crippen LogP contribution in [0, 0.1) is 17.0 Å². The number of anilines is 1. The van der Waals surface area contributed by atoms with Crippen LogP contribution >= 0.6 is 0 Å². The summed E-state index contributed by atoms with van der Waals surface area (Å²) in [5, 5.41) is 18.2. The molecule has 0 spiro atoms. The van der Waals surface area contributed by atoms with E-state index in [9.17, 15) is 8.78 Å². The van der Waals surface area contributed by atoms with Crippen molar-refractivity contribution in [3.8, 4) is 0 Å². The summed E-state index contributed by atoms with van der Waals surface area (Å²) in [5.41, 5.74) is 6.88. The Morgan fingerprint density at radius 2 is 2.03 bits per heavy atom. The van der Waals surface area contributed by atoms with Crippen LogP contribution in [0.3, 0.4) is 0 Å². The molecule has 0 amide bonds. The van der Waals surface area contributed by atoms with E-state index >= 15 is 0 Å². The fourth-order valence-corrected chi connectivity index (χ4v) is 2.83. The van der Waals surface area contributed by atoms with Gasteiger partial charge in [-0.25, -0.2) is 18.7 Å². The van der Waals surface area contributed by atoms with Crippen LogP contribution in [0.15, 0.2) is 53.4 Å². The monoisotopic (exact) mass is 425 g/mol. The zero-order valence-corrected chi connectivity index (χ0v) is 16.5. The molecule has 0 unspecified atom stereocenters. The number of nitrogens with two attached hydrogens (primary N) is 1. The minimum absolute atomic E-state index is 0.0119. The minimum Gasteiger partial charge on any atom is -0.379 e. The van der Waals surface area contributed by atoms with Crippen molar-refractivity contribution < 1.29 is 13.3 Å². The Morgan fingerprint density at radius 3 is 2.74 bits per heavy atom. The van der Waals surface area contributed by atoms with Gasteiger partial charge in [0.25, 0.3) is 0 Å². The van der Waals surface area contributed by atoms with E-state index in [2.05, 4.69) is 25.8 Å². The maximum absolute atomic E-state index is 14.1. The second-order valence-electron chi connectivity index (χ2n) is 7.41. The number of nitrogens with one attached hydrogen (secondary N) is 3. The van der Waals surface area contributed by atoms with Gasteiger partial charge < -0.3 is 20.9 Å². The number of hydrogen-bond acceptors (Lipinski definition) is 8. The lowest BCUT2D eigenvalue weighted by atomic mass is 10.2. The van der Waals surface area contributed by atoms with E-state index < -0.39 is 5.82 Å². The van der Waals surface area contributed by atoms with E-state index in [1.54, 1.807) is 24.3 Å². The number of allylic oxidation sites excluding steroid dienone is 1. The maximum Gasteiger partial charge on any atom is 0.183 e. The zero-order valence-electron chi connectivity index (χ0n) is 16.5. The molecule has 31 heavy (non-hydrogen) atoms. The number of rotatable bonds is 9. The number of aromatic nitrogens is 3. The van der Waals surface area contributed by atoms with Crippen LogP contribution in [0.4, 0.5) is 14.6 Å². The zero-order chi connectivity index (χ0) is 21.8. The maximum atomic E-state index is 14.1. The molecule has 2 heterocycles. The van der Waals surface area contributed by atoms with E-state index in [0.29, 0.717) is 23.5 Å². The molecular weight excluding hydrogens is 404 g/mol. The molecule has 1 aromatic carbocycles. The van der Waals surface area contributed by atoms with Gasteiger partial charge in [0.15, 0.2) is 17.5 Å². The average Bonchev–Trinajstić information content (AvgIpc) is 3.25. The molecule has 2 aromatic heterocycles. The summed E-state index contributed by atoms with van der Waals surface area (Å²) in [6.07, 6.45) is 5.56. The predicted octanol–water partition coefficient (Wildman–Crippen LogP) is 2.84. The molecule has 0 bridgehead atoms. The first-order valence-corrected chi connectivity index (χ1v) is 9.67. The van der Waals surface area contributed by atoms with Crippen molar-refractivity contribution in [2.45, 2.75) is 24.9 Å². The highest BCUT2D eigenvalue weighted by Crippen LogP contribution is 2.32. The minimum atomic E-state index is -0.626. The summed E-state index contributed by atoms with van der Waals surface area (Å²) in [5.74, 6) is -0.976. The molecule has 10 heteroatoms. The fraction of sp³-hybridized carbons (Fsp3) is 0.238. The molecule has 0 radical (unpaired) electrons. The molecule has 4 rings (SSSR count). The average molecular weight is 425 g/mol. The molecular formula is C21H21F2N7O. The van der Waals surface area contributed by atoms with Gasteiger partial charge in [-0.1, -0.05) is 23.4 Å². The molecule has 3 aromatic rings. The van der Waals surface area contributed by atoms with Crippen molar-refractivity contribution in [1.82, 2.24) is 20.4 Å². The van der Waals surface area contributed by atoms with Gasteiger partial charge in [-0.15, -0.1) is 0 Å². The molecule has 1 fully saturated rings. The molecule has 0 atom stereocenters. The van der Waals surface area contributed by atoms with Crippen molar-refractivity contribution in [3.63, 3.8) is 0 Å². The van der Waals surface area contributed by atoms with Crippen LogP contribution in [-0.4, -0.2) is 32.9 Å². The van der Waals surface area contributed by atoms with Gasteiger partial charge in [0, 0.05) is 30.3 Å². The number of nitrogens with zero attached hydrogens (tertiary/aromatic N) is 3. The third kappa shape index (κ3) is 5.10. The highest BCUT2D eigenvalue weighted by atomic mass is 19.1. The summed E-state index contributed by atoms with van der Waals surface area (Å²) in [7, 11) is 0. The SMILES string of the molecule is N=C(/C=C(\NCc1ccccc1F)c1ccon1)c1ncc(F)c(NCC2(N)CC2)n1. The molecule has 5 N–H and O–H groups in total. The molecule has 0 aliphatic heterocycles. The molecule has 1 aliphatic rings. The van der Waals surface area contributed by atoms with Crippen LogP contribution in [0.25, 0.3) is 5.70 Å². The van der Waals surface area contributed by atoms with Gasteiger partial charge in [0.2, 0.25) is 0 Å². The van der Waals surface area contributed by atoms with Crippen molar-refractivity contribution >= 4 is 17.2 Å². The summed E-state index contributed by atoms with van der Waals surface area (Å²) < 4.78 is 32.9. The molecule has 1 saturated carbocycles. The summed E-state index contributed by atoms with van der Waals surface area (Å²) in [4.78, 5) is 8.02. The van der Waals surface area contributed by atoms with Gasteiger partial charge in [0.05, 0.1) is 11.9 Å². The molecule has 0 saturated heterocycles. The van der Waals surface area contributed by atoms with Gasteiger partial charge in [0.1, 0.15) is 23.5 Å². The van der Waals surface area contributed by atoms with Crippen LogP contribution < -0.4 is 16.4 Å². The van der Waals surface area contributed by atoms with E-state index in [1.165, 1.54) is 18.4 Å². The summed E-state index contributed by atoms with van der Waals surface area (Å²) >= 11 is 0. The number of hydrogen-bond donors (Lipinski definition) is 4. The topological polar surface area (TPSA) is 126 Å². The van der Waals surface area contributed by atoms with E-state index in [-0.39, 0.29) is 35.3 Å². The van der Waals surface area contributed by atoms with Crippen molar-refractivity contribution in [3.05, 3.63) is 77.6 Å². The second kappa shape index (κ2) is 8.60. The summed E-state index contributed by atoms with van der Waals surface area (Å²) in [6, 6.07) is 7.96. The number of benzene rings is 1. The normalized spacial score (nSPS) is 14.9. The lowest BCUT2D eigenvalue weighted by Gasteiger charge is -2.12. The van der Waals surface area contributed by atoms with Crippen LogP contribution in [0.5, 0.6) is 0 Å². The van der Waals surface area contributed by atoms with Crippen LogP contribution in [-0.2, 0) is 6.54 Å². The van der Waals surface area contributed by atoms with Gasteiger partial charge in [-0.3, -0.25) is 5.41 Å². The first kappa shape index (κ1) is 20.6. The summed E-state index contributed by atoms with van der Waals surface area (Å²) in [6.45, 7) is 0.548. The third-order valence-corrected chi connectivity index (χ3v) is 4.91. The van der Waals surface area contributed by atoms with Gasteiger partial charge in [-0.2, -0.15) is 0 Å². The largest absolute Gasteiger partial charge is 0.379 e. The Labute approximate surface area is 177 Å². The van der Waals surface area contributed by atoms with Crippen LogP contribution in [0.1, 0.15) is 29.9 Å². The van der Waals surface area contributed by atoms with E-state index in [1.807, 2.05) is 0 Å². The Kier molecular flexibility index (Phi) is 5.72. The fourth-order valence-electron chi connectivity index (χ4n) is 2.83. The second-order valence-corrected chi connectivity index (χ2v) is 7.41. The Bertz CT molecular complexity index is 1110. The standard InChI is InChI=1S/C21H21F2N7O/c22-14-4-2-1-3-13(14)10-26-18(17-5-8-31-30-17)9-16(24)20-27-11-15(23)19(29-20)28-12-21(25)6-7-21/h1-5,8-9,11,24,26H,6-7,10,12,25H2,(H,27,28,29)/b18-9-,24-16?. The first-order chi connectivity index (χ1) is 14.9. The Hall–Kier alpha value is -3.66. The van der Waals surface area contributed by atoms with Crippen molar-refractivity contribution in [1.29, 1.82) is 5.41 Å². The lowest BCUT2D eigenvalue weighted by Crippen LogP contribution is -2.31. The predicted molar refractivity (Wildman–Crippen MR) is 111 cm³/mol. The number of halogens is 2. The lowest BCUT2D eigenvalue weighted by molar-refractivity contribution is 0.417. The Morgan fingerprint density at radius 1 is 1.23 bits per heavy atom. The highest BCUT2D eigenvalue weighted by molar-refractivity contribution is 6.07. The first-order valence-electron chi connectivity index (χ1n) is 9.67. The smallest absolute Gasteiger partial charge is 0.183 e. The van der Waals surface area contributed by atoms with Crippen LogP contribution in [0.2, 0.25) is 0 Å². The Balaban J connectivity index is 1.54. The van der Waals surface area contributed by atoms with E-state index in [4.69, 9.17) is 15.7 Å². The van der Waals surface area contributed by atoms with Gasteiger partial charge >= 0.3 is 0 Å². The molecule has 1 aliphatic carbocycles. The third-order valence-electron chi connectivity index (χ3n) is 4.91. The molecule has 8 nitrogen and oxygen atoms in total. The quantitative estimate of drug-likeness (QED) is 0.388. The van der Waals surface area contributed by atoms with Gasteiger partial charge in [-0.05, 0) is 25.0 Å². The highest BCUT2D eigenvalue weighted by Gasteiger charge is 2.38. The van der Waals surface area contributed by atoms with E-state index in [0.717, 1.165) is 19.0 Å². The van der Waals surface area contributed by atoms with Crippen molar-refractivity contribution in [2.75, 3.05) is 11.9 Å².